The first-order chi connectivity index (χ1) is 17.5. The summed E-state index contributed by atoms with van der Waals surface area (Å²) in [5.74, 6) is -0.863. The van der Waals surface area contributed by atoms with Crippen molar-refractivity contribution in [1.82, 2.24) is 10.2 Å². The second kappa shape index (κ2) is 12.6. The molecule has 0 aromatic heterocycles. The standard InChI is InChI=1S/C27H29BrClN3O4S/c1-19(2)30-27(34)20(3)31(17-21-12-14-23(29)15-13-21)26(33)18-32(24-9-7-8-22(28)16-24)37(35,36)25-10-5-4-6-11-25/h4-16,19-20H,17-18H2,1-3H3,(H,30,34)/t20-/m0/s1. The fraction of sp³-hybridized carbons (Fsp3) is 0.259. The fourth-order valence-electron chi connectivity index (χ4n) is 3.65. The molecular weight excluding hydrogens is 578 g/mol. The lowest BCUT2D eigenvalue weighted by Crippen LogP contribution is -2.52. The molecule has 3 aromatic carbocycles. The summed E-state index contributed by atoms with van der Waals surface area (Å²) < 4.78 is 29.1. The first-order valence-electron chi connectivity index (χ1n) is 11.7. The zero-order valence-corrected chi connectivity index (χ0v) is 23.9. The van der Waals surface area contributed by atoms with Gasteiger partial charge in [-0.25, -0.2) is 8.42 Å². The Kier molecular flexibility index (Phi) is 9.75. The molecule has 10 heteroatoms. The Bertz CT molecular complexity index is 1340. The van der Waals surface area contributed by atoms with E-state index in [1.807, 2.05) is 13.8 Å². The monoisotopic (exact) mass is 605 g/mol. The number of halogens is 2. The van der Waals surface area contributed by atoms with E-state index < -0.39 is 28.5 Å². The van der Waals surface area contributed by atoms with Gasteiger partial charge in [-0.2, -0.15) is 0 Å². The van der Waals surface area contributed by atoms with Crippen molar-refractivity contribution in [3.8, 4) is 0 Å². The van der Waals surface area contributed by atoms with Gasteiger partial charge in [-0.15, -0.1) is 0 Å². The number of nitrogens with one attached hydrogen (secondary N) is 1. The van der Waals surface area contributed by atoms with Crippen molar-refractivity contribution >= 4 is 55.1 Å². The molecule has 0 fully saturated rings. The van der Waals surface area contributed by atoms with E-state index in [4.69, 9.17) is 11.6 Å². The molecule has 2 amide bonds. The van der Waals surface area contributed by atoms with Crippen molar-refractivity contribution in [1.29, 1.82) is 0 Å². The average molecular weight is 607 g/mol. The zero-order valence-electron chi connectivity index (χ0n) is 20.8. The summed E-state index contributed by atoms with van der Waals surface area (Å²) in [6, 6.07) is 20.6. The van der Waals surface area contributed by atoms with Crippen LogP contribution in [0.25, 0.3) is 0 Å². The van der Waals surface area contributed by atoms with Gasteiger partial charge >= 0.3 is 0 Å². The van der Waals surface area contributed by atoms with E-state index in [-0.39, 0.29) is 23.4 Å². The Balaban J connectivity index is 2.01. The molecule has 196 valence electrons. The van der Waals surface area contributed by atoms with Crippen molar-refractivity contribution in [3.05, 3.63) is 93.9 Å². The molecule has 0 aliphatic carbocycles. The number of sulfonamides is 1. The van der Waals surface area contributed by atoms with Crippen LogP contribution in [0.5, 0.6) is 0 Å². The molecule has 1 N–H and O–H groups in total. The SMILES string of the molecule is CC(C)NC(=O)[C@H](C)N(Cc1ccc(Cl)cc1)C(=O)CN(c1cccc(Br)c1)S(=O)(=O)c1ccccc1. The number of hydrogen-bond donors (Lipinski definition) is 1. The maximum Gasteiger partial charge on any atom is 0.264 e. The topological polar surface area (TPSA) is 86.8 Å². The Labute approximate surface area is 231 Å². The molecule has 0 saturated heterocycles. The maximum absolute atomic E-state index is 13.8. The number of hydrogen-bond acceptors (Lipinski definition) is 4. The molecule has 3 aromatic rings. The first-order valence-corrected chi connectivity index (χ1v) is 14.3. The molecule has 0 spiro atoms. The second-order valence-electron chi connectivity index (χ2n) is 8.79. The van der Waals surface area contributed by atoms with Gasteiger partial charge in [0.2, 0.25) is 11.8 Å². The highest BCUT2D eigenvalue weighted by Gasteiger charge is 2.32. The largest absolute Gasteiger partial charge is 0.352 e. The van der Waals surface area contributed by atoms with Crippen LogP contribution in [0.2, 0.25) is 5.02 Å². The van der Waals surface area contributed by atoms with Crippen LogP contribution in [0.1, 0.15) is 26.3 Å². The molecule has 0 radical (unpaired) electrons. The third-order valence-electron chi connectivity index (χ3n) is 5.57. The highest BCUT2D eigenvalue weighted by molar-refractivity contribution is 9.10. The van der Waals surface area contributed by atoms with Crippen molar-refractivity contribution in [2.45, 2.75) is 44.3 Å². The number of amides is 2. The number of rotatable bonds is 10. The van der Waals surface area contributed by atoms with Gasteiger partial charge in [-0.1, -0.05) is 63.9 Å². The predicted octanol–water partition coefficient (Wildman–Crippen LogP) is 5.24. The number of anilines is 1. The van der Waals surface area contributed by atoms with Crippen LogP contribution in [0.15, 0.2) is 88.2 Å². The Morgan fingerprint density at radius 1 is 0.946 bits per heavy atom. The summed E-state index contributed by atoms with van der Waals surface area (Å²) in [6.07, 6.45) is 0. The van der Waals surface area contributed by atoms with Crippen LogP contribution in [-0.4, -0.2) is 43.8 Å². The Hall–Kier alpha value is -2.88. The van der Waals surface area contributed by atoms with Crippen LogP contribution in [0, 0.1) is 0 Å². The predicted molar refractivity (Wildman–Crippen MR) is 150 cm³/mol. The van der Waals surface area contributed by atoms with Gasteiger partial charge < -0.3 is 10.2 Å². The number of carbonyl (C=O) groups is 2. The van der Waals surface area contributed by atoms with Crippen LogP contribution in [-0.2, 0) is 26.2 Å². The number of nitrogens with zero attached hydrogens (tertiary/aromatic N) is 2. The molecule has 0 aliphatic rings. The molecule has 7 nitrogen and oxygen atoms in total. The van der Waals surface area contributed by atoms with E-state index in [1.54, 1.807) is 73.7 Å². The van der Waals surface area contributed by atoms with Crippen LogP contribution < -0.4 is 9.62 Å². The molecule has 37 heavy (non-hydrogen) atoms. The van der Waals surface area contributed by atoms with E-state index in [1.165, 1.54) is 17.0 Å². The highest BCUT2D eigenvalue weighted by atomic mass is 79.9. The normalized spacial score (nSPS) is 12.2. The lowest BCUT2D eigenvalue weighted by atomic mass is 10.1. The van der Waals surface area contributed by atoms with Crippen LogP contribution in [0.3, 0.4) is 0 Å². The van der Waals surface area contributed by atoms with Gasteiger partial charge in [-0.3, -0.25) is 13.9 Å². The van der Waals surface area contributed by atoms with Crippen molar-refractivity contribution in [2.24, 2.45) is 0 Å². The maximum atomic E-state index is 13.8. The minimum atomic E-state index is -4.10. The molecule has 1 atom stereocenters. The molecule has 0 saturated carbocycles. The van der Waals surface area contributed by atoms with Crippen molar-refractivity contribution in [3.63, 3.8) is 0 Å². The summed E-state index contributed by atoms with van der Waals surface area (Å²) in [4.78, 5) is 28.1. The summed E-state index contributed by atoms with van der Waals surface area (Å²) in [7, 11) is -4.10. The van der Waals surface area contributed by atoms with Crippen molar-refractivity contribution < 1.29 is 18.0 Å². The van der Waals surface area contributed by atoms with Gasteiger partial charge in [0.15, 0.2) is 0 Å². The second-order valence-corrected chi connectivity index (χ2v) is 12.0. The van der Waals surface area contributed by atoms with Crippen LogP contribution in [0.4, 0.5) is 5.69 Å². The smallest absolute Gasteiger partial charge is 0.264 e. The van der Waals surface area contributed by atoms with Crippen molar-refractivity contribution in [2.75, 3.05) is 10.8 Å². The van der Waals surface area contributed by atoms with Gasteiger partial charge in [0.25, 0.3) is 10.0 Å². The molecular formula is C27H29BrClN3O4S. The van der Waals surface area contributed by atoms with Gasteiger partial charge in [0.05, 0.1) is 10.6 Å². The molecule has 0 unspecified atom stereocenters. The molecule has 0 heterocycles. The summed E-state index contributed by atoms with van der Waals surface area (Å²) in [5.41, 5.74) is 1.07. The third kappa shape index (κ3) is 7.56. The van der Waals surface area contributed by atoms with E-state index >= 15 is 0 Å². The minimum absolute atomic E-state index is 0.0534. The average Bonchev–Trinajstić information content (AvgIpc) is 2.86. The number of benzene rings is 3. The first kappa shape index (κ1) is 28.7. The molecule has 0 aliphatic heterocycles. The quantitative estimate of drug-likeness (QED) is 0.342. The lowest BCUT2D eigenvalue weighted by Gasteiger charge is -2.32. The Morgan fingerprint density at radius 3 is 2.19 bits per heavy atom. The Morgan fingerprint density at radius 2 is 1.59 bits per heavy atom. The highest BCUT2D eigenvalue weighted by Crippen LogP contribution is 2.27. The van der Waals surface area contributed by atoms with Gasteiger partial charge in [0.1, 0.15) is 12.6 Å². The minimum Gasteiger partial charge on any atom is -0.352 e. The molecule has 3 rings (SSSR count). The summed E-state index contributed by atoms with van der Waals surface area (Å²) in [5, 5.41) is 3.37. The summed E-state index contributed by atoms with van der Waals surface area (Å²) >= 11 is 9.40. The van der Waals surface area contributed by atoms with Gasteiger partial charge in [0, 0.05) is 22.1 Å². The van der Waals surface area contributed by atoms with E-state index in [9.17, 15) is 18.0 Å². The van der Waals surface area contributed by atoms with E-state index in [0.717, 1.165) is 9.87 Å². The fourth-order valence-corrected chi connectivity index (χ4v) is 5.59. The lowest BCUT2D eigenvalue weighted by molar-refractivity contribution is -0.139. The molecule has 0 bridgehead atoms. The van der Waals surface area contributed by atoms with E-state index in [0.29, 0.717) is 15.2 Å². The van der Waals surface area contributed by atoms with Crippen LogP contribution >= 0.6 is 27.5 Å². The zero-order chi connectivity index (χ0) is 27.2. The number of carbonyl (C=O) groups excluding carboxylic acids is 2. The summed E-state index contributed by atoms with van der Waals surface area (Å²) in [6.45, 7) is 4.89. The van der Waals surface area contributed by atoms with Gasteiger partial charge in [-0.05, 0) is 68.8 Å². The van der Waals surface area contributed by atoms with E-state index in [2.05, 4.69) is 21.2 Å². The third-order valence-corrected chi connectivity index (χ3v) is 8.10.